The van der Waals surface area contributed by atoms with Gasteiger partial charge in [0.05, 0.1) is 24.8 Å². The molecule has 6 heteroatoms. The van der Waals surface area contributed by atoms with E-state index in [9.17, 15) is 9.90 Å². The van der Waals surface area contributed by atoms with Gasteiger partial charge >= 0.3 is 5.97 Å². The molecule has 0 bridgehead atoms. The zero-order valence-electron chi connectivity index (χ0n) is 17.4. The first kappa shape index (κ1) is 19.6. The van der Waals surface area contributed by atoms with E-state index in [0.717, 1.165) is 45.0 Å². The van der Waals surface area contributed by atoms with E-state index in [-0.39, 0.29) is 6.54 Å². The number of aromatic nitrogens is 2. The number of benzene rings is 2. The van der Waals surface area contributed by atoms with Crippen molar-refractivity contribution in [2.45, 2.75) is 6.54 Å². The van der Waals surface area contributed by atoms with Crippen LogP contribution < -0.4 is 4.74 Å². The molecule has 2 aromatic carbocycles. The molecule has 0 saturated carbocycles. The second-order valence-electron chi connectivity index (χ2n) is 7.38. The first-order valence-corrected chi connectivity index (χ1v) is 10.1. The second-order valence-corrected chi connectivity index (χ2v) is 7.38. The number of hydrogen-bond acceptors (Lipinski definition) is 4. The van der Waals surface area contributed by atoms with E-state index in [2.05, 4.69) is 5.10 Å². The van der Waals surface area contributed by atoms with Gasteiger partial charge in [0.25, 0.3) is 0 Å². The second kappa shape index (κ2) is 8.07. The smallest absolute Gasteiger partial charge is 0.325 e. The number of hydrogen-bond donors (Lipinski definition) is 1. The maximum absolute atomic E-state index is 11.6. The third kappa shape index (κ3) is 3.52. The zero-order valence-corrected chi connectivity index (χ0v) is 17.4. The molecule has 0 fully saturated rings. The van der Waals surface area contributed by atoms with E-state index in [1.807, 2.05) is 78.9 Å². The van der Waals surface area contributed by atoms with Crippen LogP contribution in [0, 0.1) is 0 Å². The van der Waals surface area contributed by atoms with Crippen molar-refractivity contribution in [2.24, 2.45) is 0 Å². The fraction of sp³-hybridized carbons (Fsp3) is 0.0769. The molecule has 2 heterocycles. The van der Waals surface area contributed by atoms with Gasteiger partial charge in [-0.3, -0.25) is 9.48 Å². The topological polar surface area (TPSA) is 77.5 Å². The summed E-state index contributed by atoms with van der Waals surface area (Å²) in [5.74, 6) is 0.595. The number of aliphatic carboxylic acids is 1. The predicted octanol–water partition coefficient (Wildman–Crippen LogP) is 5.68. The minimum atomic E-state index is -0.954. The van der Waals surface area contributed by atoms with Gasteiger partial charge in [0.15, 0.2) is 0 Å². The maximum Gasteiger partial charge on any atom is 0.325 e. The van der Waals surface area contributed by atoms with Crippen LogP contribution in [0.3, 0.4) is 0 Å². The van der Waals surface area contributed by atoms with Crippen LogP contribution in [0.25, 0.3) is 45.0 Å². The lowest BCUT2D eigenvalue weighted by atomic mass is 9.94. The minimum Gasteiger partial charge on any atom is -0.497 e. The number of nitrogens with zero attached hydrogens (tertiary/aromatic N) is 2. The molecule has 1 aliphatic carbocycles. The lowest BCUT2D eigenvalue weighted by Gasteiger charge is -2.13. The summed E-state index contributed by atoms with van der Waals surface area (Å²) >= 11 is 0. The largest absolute Gasteiger partial charge is 0.497 e. The van der Waals surface area contributed by atoms with Crippen molar-refractivity contribution in [1.82, 2.24) is 9.78 Å². The summed E-state index contributed by atoms with van der Waals surface area (Å²) in [4.78, 5) is 11.6. The number of rotatable bonds is 6. The van der Waals surface area contributed by atoms with E-state index in [4.69, 9.17) is 9.15 Å². The van der Waals surface area contributed by atoms with E-state index in [1.165, 1.54) is 4.68 Å². The third-order valence-corrected chi connectivity index (χ3v) is 5.44. The summed E-state index contributed by atoms with van der Waals surface area (Å²) in [6, 6.07) is 25.2. The number of fused-ring (bicyclic) bond motifs is 1. The van der Waals surface area contributed by atoms with Crippen molar-refractivity contribution in [1.29, 1.82) is 0 Å². The minimum absolute atomic E-state index is 0.240. The lowest BCUT2D eigenvalue weighted by molar-refractivity contribution is -0.137. The number of ether oxygens (including phenoxy) is 1. The first-order valence-electron chi connectivity index (χ1n) is 10.1. The van der Waals surface area contributed by atoms with Crippen molar-refractivity contribution >= 4 is 5.97 Å². The molecule has 0 saturated heterocycles. The Kier molecular flexibility index (Phi) is 4.95. The summed E-state index contributed by atoms with van der Waals surface area (Å²) in [7, 11) is 1.62. The van der Waals surface area contributed by atoms with Crippen LogP contribution in [0.4, 0.5) is 0 Å². The quantitative estimate of drug-likeness (QED) is 0.380. The molecule has 6 nitrogen and oxygen atoms in total. The van der Waals surface area contributed by atoms with Crippen LogP contribution in [-0.2, 0) is 11.3 Å². The average Bonchev–Trinajstić information content (AvgIpc) is 3.46. The first-order chi connectivity index (χ1) is 15.6. The zero-order chi connectivity index (χ0) is 22.1. The highest BCUT2D eigenvalue weighted by atomic mass is 16.5. The fourth-order valence-electron chi connectivity index (χ4n) is 3.96. The van der Waals surface area contributed by atoms with Crippen LogP contribution in [0.15, 0.2) is 89.5 Å². The van der Waals surface area contributed by atoms with Crippen molar-refractivity contribution in [3.63, 3.8) is 0 Å². The predicted molar refractivity (Wildman–Crippen MR) is 122 cm³/mol. The number of carbonyl (C=O) groups is 1. The van der Waals surface area contributed by atoms with Gasteiger partial charge in [-0.1, -0.05) is 36.4 Å². The summed E-state index contributed by atoms with van der Waals surface area (Å²) in [5, 5.41) is 14.1. The molecule has 0 amide bonds. The molecule has 5 rings (SSSR count). The monoisotopic (exact) mass is 424 g/mol. The Balaban J connectivity index is 1.67. The molecule has 32 heavy (non-hydrogen) atoms. The van der Waals surface area contributed by atoms with Gasteiger partial charge in [-0.25, -0.2) is 0 Å². The van der Waals surface area contributed by atoms with Gasteiger partial charge in [0.1, 0.15) is 18.1 Å². The maximum atomic E-state index is 11.6. The number of methoxy groups -OCH3 is 1. The van der Waals surface area contributed by atoms with Crippen LogP contribution in [-0.4, -0.2) is 28.0 Å². The fourth-order valence-corrected chi connectivity index (χ4v) is 3.96. The summed E-state index contributed by atoms with van der Waals surface area (Å²) in [6.45, 7) is -0.240. The van der Waals surface area contributed by atoms with Crippen molar-refractivity contribution in [2.75, 3.05) is 7.11 Å². The molecule has 0 unspecified atom stereocenters. The van der Waals surface area contributed by atoms with Gasteiger partial charge < -0.3 is 14.3 Å². The Morgan fingerprint density at radius 2 is 1.66 bits per heavy atom. The molecule has 158 valence electrons. The highest BCUT2D eigenvalue weighted by molar-refractivity contribution is 5.91. The number of carboxylic acids is 1. The Bertz CT molecular complexity index is 1360. The normalized spacial score (nSPS) is 11.0. The van der Waals surface area contributed by atoms with Crippen molar-refractivity contribution in [3.8, 4) is 50.7 Å². The van der Waals surface area contributed by atoms with E-state index < -0.39 is 5.97 Å². The molecule has 1 N–H and O–H groups in total. The van der Waals surface area contributed by atoms with Crippen LogP contribution in [0.1, 0.15) is 0 Å². The van der Waals surface area contributed by atoms with Gasteiger partial charge in [-0.15, -0.1) is 0 Å². The summed E-state index contributed by atoms with van der Waals surface area (Å²) in [6.07, 6.45) is 1.67. The van der Waals surface area contributed by atoms with E-state index in [0.29, 0.717) is 5.69 Å². The SMILES string of the molecule is COc1ccc(-c2cc(-c3ccccc3-c3ccoc4cccc3-4)n(CC(=O)O)n2)cc1. The van der Waals surface area contributed by atoms with Crippen LogP contribution in [0.2, 0.25) is 0 Å². The molecular weight excluding hydrogens is 404 g/mol. The van der Waals surface area contributed by atoms with Crippen LogP contribution >= 0.6 is 0 Å². The number of carboxylic acid groups (broad SMARTS) is 1. The van der Waals surface area contributed by atoms with E-state index >= 15 is 0 Å². The lowest BCUT2D eigenvalue weighted by Crippen LogP contribution is -2.11. The molecule has 1 aromatic heterocycles. The Morgan fingerprint density at radius 3 is 2.41 bits per heavy atom. The Hall–Kier alpha value is -4.32. The molecule has 1 aliphatic heterocycles. The van der Waals surface area contributed by atoms with Crippen molar-refractivity contribution in [3.05, 3.63) is 85.1 Å². The average molecular weight is 424 g/mol. The summed E-state index contributed by atoms with van der Waals surface area (Å²) in [5.41, 5.74) is 6.20. The standard InChI is InChI=1S/C26H20N2O4/c1-31-18-11-9-17(10-12-18)23-15-24(28(27-23)16-26(29)30)21-6-3-2-5-19(21)20-13-14-32-25-8-4-7-22(20)25/h2-15H,16H2,1H3,(H,29,30). The molecule has 0 radical (unpaired) electrons. The van der Waals surface area contributed by atoms with Gasteiger partial charge in [0, 0.05) is 16.7 Å². The third-order valence-electron chi connectivity index (χ3n) is 5.44. The van der Waals surface area contributed by atoms with Gasteiger partial charge in [-0.05, 0) is 53.6 Å². The van der Waals surface area contributed by atoms with Gasteiger partial charge in [-0.2, -0.15) is 5.10 Å². The Labute approximate surface area is 184 Å². The highest BCUT2D eigenvalue weighted by Crippen LogP contribution is 2.40. The molecule has 3 aromatic rings. The van der Waals surface area contributed by atoms with Gasteiger partial charge in [0.2, 0.25) is 0 Å². The molecule has 0 atom stereocenters. The van der Waals surface area contributed by atoms with E-state index in [1.54, 1.807) is 13.4 Å². The molecular formula is C26H20N2O4. The highest BCUT2D eigenvalue weighted by Gasteiger charge is 2.19. The molecule has 0 spiro atoms. The molecule has 2 aliphatic rings. The Morgan fingerprint density at radius 1 is 0.938 bits per heavy atom. The van der Waals surface area contributed by atoms with Crippen molar-refractivity contribution < 1.29 is 19.1 Å². The van der Waals surface area contributed by atoms with Crippen LogP contribution in [0.5, 0.6) is 5.75 Å². The summed E-state index contributed by atoms with van der Waals surface area (Å²) < 4.78 is 12.4.